The summed E-state index contributed by atoms with van der Waals surface area (Å²) >= 11 is 0. The Bertz CT molecular complexity index is 1210. The van der Waals surface area contributed by atoms with E-state index < -0.39 is 10.0 Å². The van der Waals surface area contributed by atoms with E-state index in [-0.39, 0.29) is 23.8 Å². The second-order valence-corrected chi connectivity index (χ2v) is 10.6. The lowest BCUT2D eigenvalue weighted by Gasteiger charge is -2.43. The van der Waals surface area contributed by atoms with Crippen LogP contribution in [-0.4, -0.2) is 46.2 Å². The average molecular weight is 472 g/mol. The number of methoxy groups -OCH3 is 1. The minimum atomic E-state index is -3.50. The van der Waals surface area contributed by atoms with Crippen LogP contribution < -0.4 is 19.3 Å². The molecular formula is C24H29N3O5S. The SMILES string of the molecule is COc1ccc(-c2ccc3c(c2)N(C(=O)C2CCC2)CC(C)N3C(C)=O)cc1NS(C)(=O)=O. The molecule has 8 nitrogen and oxygen atoms in total. The van der Waals surface area contributed by atoms with Gasteiger partial charge in [-0.05, 0) is 55.2 Å². The normalized spacial score (nSPS) is 18.4. The summed E-state index contributed by atoms with van der Waals surface area (Å²) in [6.45, 7) is 3.92. The third-order valence-corrected chi connectivity index (χ3v) is 6.89. The number of hydrogen-bond acceptors (Lipinski definition) is 5. The molecular weight excluding hydrogens is 442 g/mol. The molecule has 1 saturated carbocycles. The predicted octanol–water partition coefficient (Wildman–Crippen LogP) is 3.62. The first-order valence-electron chi connectivity index (χ1n) is 11.0. The monoisotopic (exact) mass is 471 g/mol. The molecule has 1 fully saturated rings. The molecule has 1 aliphatic heterocycles. The fourth-order valence-electron chi connectivity index (χ4n) is 4.54. The van der Waals surface area contributed by atoms with Crippen molar-refractivity contribution in [2.45, 2.75) is 39.2 Å². The summed E-state index contributed by atoms with van der Waals surface area (Å²) in [7, 11) is -2.02. The summed E-state index contributed by atoms with van der Waals surface area (Å²) in [5.41, 5.74) is 3.30. The summed E-state index contributed by atoms with van der Waals surface area (Å²) in [6, 6.07) is 10.7. The molecule has 2 aromatic carbocycles. The van der Waals surface area contributed by atoms with E-state index in [0.29, 0.717) is 29.4 Å². The molecule has 1 N–H and O–H groups in total. The van der Waals surface area contributed by atoms with Gasteiger partial charge in [-0.2, -0.15) is 0 Å². The molecule has 0 saturated heterocycles. The molecule has 0 spiro atoms. The van der Waals surface area contributed by atoms with Crippen molar-refractivity contribution in [2.24, 2.45) is 5.92 Å². The van der Waals surface area contributed by atoms with Crippen LogP contribution in [0.3, 0.4) is 0 Å². The predicted molar refractivity (Wildman–Crippen MR) is 129 cm³/mol. The smallest absolute Gasteiger partial charge is 0.230 e. The molecule has 2 amide bonds. The molecule has 1 atom stereocenters. The summed E-state index contributed by atoms with van der Waals surface area (Å²) in [5.74, 6) is 0.463. The number of amides is 2. The molecule has 176 valence electrons. The van der Waals surface area contributed by atoms with Gasteiger partial charge in [-0.3, -0.25) is 14.3 Å². The minimum absolute atomic E-state index is 0.0316. The van der Waals surface area contributed by atoms with Gasteiger partial charge in [-0.1, -0.05) is 18.6 Å². The van der Waals surface area contributed by atoms with E-state index in [9.17, 15) is 18.0 Å². The molecule has 0 bridgehead atoms. The lowest BCUT2D eigenvalue weighted by atomic mass is 9.84. The second kappa shape index (κ2) is 8.70. The molecule has 9 heteroatoms. The Kier molecular flexibility index (Phi) is 6.09. The van der Waals surface area contributed by atoms with E-state index in [1.807, 2.05) is 36.1 Å². The van der Waals surface area contributed by atoms with Crippen LogP contribution in [0, 0.1) is 5.92 Å². The topological polar surface area (TPSA) is 96.0 Å². The highest BCUT2D eigenvalue weighted by molar-refractivity contribution is 7.92. The number of sulfonamides is 1. The molecule has 1 heterocycles. The molecule has 1 aliphatic carbocycles. The lowest BCUT2D eigenvalue weighted by Crippen LogP contribution is -2.53. The first-order chi connectivity index (χ1) is 15.6. The fourth-order valence-corrected chi connectivity index (χ4v) is 5.09. The third kappa shape index (κ3) is 4.55. The number of hydrogen-bond donors (Lipinski definition) is 1. The number of benzene rings is 2. The molecule has 0 aromatic heterocycles. The average Bonchev–Trinajstić information content (AvgIpc) is 2.70. The van der Waals surface area contributed by atoms with Gasteiger partial charge in [0.2, 0.25) is 21.8 Å². The zero-order chi connectivity index (χ0) is 23.9. The van der Waals surface area contributed by atoms with Crippen LogP contribution in [0.1, 0.15) is 33.1 Å². The highest BCUT2D eigenvalue weighted by Crippen LogP contribution is 2.42. The Morgan fingerprint density at radius 1 is 1.06 bits per heavy atom. The summed E-state index contributed by atoms with van der Waals surface area (Å²) in [4.78, 5) is 29.2. The van der Waals surface area contributed by atoms with E-state index in [2.05, 4.69) is 4.72 Å². The van der Waals surface area contributed by atoms with E-state index in [1.54, 1.807) is 17.0 Å². The maximum absolute atomic E-state index is 13.2. The van der Waals surface area contributed by atoms with Crippen molar-refractivity contribution in [1.29, 1.82) is 0 Å². The molecule has 33 heavy (non-hydrogen) atoms. The molecule has 1 unspecified atom stereocenters. The highest BCUT2D eigenvalue weighted by atomic mass is 32.2. The van der Waals surface area contributed by atoms with Crippen molar-refractivity contribution in [3.8, 4) is 16.9 Å². The minimum Gasteiger partial charge on any atom is -0.495 e. The van der Waals surface area contributed by atoms with Crippen molar-refractivity contribution < 1.29 is 22.7 Å². The van der Waals surface area contributed by atoms with E-state index in [0.717, 1.165) is 36.6 Å². The number of anilines is 3. The van der Waals surface area contributed by atoms with Gasteiger partial charge in [0.15, 0.2) is 0 Å². The number of nitrogens with zero attached hydrogens (tertiary/aromatic N) is 2. The van der Waals surface area contributed by atoms with Crippen molar-refractivity contribution in [3.63, 3.8) is 0 Å². The van der Waals surface area contributed by atoms with Crippen LogP contribution in [0.2, 0.25) is 0 Å². The van der Waals surface area contributed by atoms with E-state index in [4.69, 9.17) is 4.74 Å². The van der Waals surface area contributed by atoms with Gasteiger partial charge in [0, 0.05) is 19.4 Å². The Morgan fingerprint density at radius 2 is 1.73 bits per heavy atom. The third-order valence-electron chi connectivity index (χ3n) is 6.30. The number of fused-ring (bicyclic) bond motifs is 1. The molecule has 4 rings (SSSR count). The van der Waals surface area contributed by atoms with Crippen LogP contribution in [0.4, 0.5) is 17.1 Å². The van der Waals surface area contributed by atoms with Gasteiger partial charge in [0.1, 0.15) is 5.75 Å². The van der Waals surface area contributed by atoms with Gasteiger partial charge >= 0.3 is 0 Å². The van der Waals surface area contributed by atoms with Crippen molar-refractivity contribution >= 4 is 38.9 Å². The molecule has 2 aromatic rings. The van der Waals surface area contributed by atoms with Crippen molar-refractivity contribution in [1.82, 2.24) is 0 Å². The van der Waals surface area contributed by atoms with Crippen LogP contribution in [-0.2, 0) is 19.6 Å². The Balaban J connectivity index is 1.80. The highest BCUT2D eigenvalue weighted by Gasteiger charge is 2.37. The Labute approximate surface area is 194 Å². The zero-order valence-corrected chi connectivity index (χ0v) is 20.1. The van der Waals surface area contributed by atoms with Crippen LogP contribution >= 0.6 is 0 Å². The first-order valence-corrected chi connectivity index (χ1v) is 12.9. The van der Waals surface area contributed by atoms with Crippen LogP contribution in [0.15, 0.2) is 36.4 Å². The number of carbonyl (C=O) groups is 2. The Morgan fingerprint density at radius 3 is 2.30 bits per heavy atom. The van der Waals surface area contributed by atoms with Gasteiger partial charge in [0.25, 0.3) is 0 Å². The van der Waals surface area contributed by atoms with E-state index >= 15 is 0 Å². The van der Waals surface area contributed by atoms with E-state index in [1.165, 1.54) is 14.0 Å². The number of carbonyl (C=O) groups excluding carboxylic acids is 2. The van der Waals surface area contributed by atoms with Gasteiger partial charge in [-0.25, -0.2) is 8.42 Å². The lowest BCUT2D eigenvalue weighted by molar-refractivity contribution is -0.125. The van der Waals surface area contributed by atoms with Gasteiger partial charge < -0.3 is 14.5 Å². The van der Waals surface area contributed by atoms with Crippen molar-refractivity contribution in [2.75, 3.05) is 34.4 Å². The van der Waals surface area contributed by atoms with Gasteiger partial charge in [-0.15, -0.1) is 0 Å². The fraction of sp³-hybridized carbons (Fsp3) is 0.417. The van der Waals surface area contributed by atoms with Gasteiger partial charge in [0.05, 0.1) is 36.5 Å². The maximum atomic E-state index is 13.2. The summed E-state index contributed by atoms with van der Waals surface area (Å²) in [5, 5.41) is 0. The maximum Gasteiger partial charge on any atom is 0.230 e. The second-order valence-electron chi connectivity index (χ2n) is 8.81. The van der Waals surface area contributed by atoms with Crippen LogP contribution in [0.5, 0.6) is 5.75 Å². The quantitative estimate of drug-likeness (QED) is 0.719. The number of ether oxygens (including phenoxy) is 1. The largest absolute Gasteiger partial charge is 0.495 e. The van der Waals surface area contributed by atoms with Crippen molar-refractivity contribution in [3.05, 3.63) is 36.4 Å². The zero-order valence-electron chi connectivity index (χ0n) is 19.3. The summed E-state index contributed by atoms with van der Waals surface area (Å²) < 4.78 is 31.4. The Hall–Kier alpha value is -3.07. The first kappa shape index (κ1) is 23.1. The number of nitrogens with one attached hydrogen (secondary N) is 1. The standard InChI is InChI=1S/C24H29N3O5S/c1-15-14-26(24(29)17-6-5-7-17)22-13-19(8-10-21(22)27(15)16(2)28)18-9-11-23(32-3)20(12-18)25-33(4,30)31/h8-13,15,17,25H,5-7,14H2,1-4H3. The molecule has 2 aliphatic rings. The number of rotatable bonds is 5. The van der Waals surface area contributed by atoms with Crippen LogP contribution in [0.25, 0.3) is 11.1 Å². The molecule has 0 radical (unpaired) electrons. The summed E-state index contributed by atoms with van der Waals surface area (Å²) in [6.07, 6.45) is 3.94.